The van der Waals surface area contributed by atoms with Gasteiger partial charge >= 0.3 is 5.97 Å². The van der Waals surface area contributed by atoms with Gasteiger partial charge in [0.15, 0.2) is 5.69 Å². The number of hydrogen-bond donors (Lipinski definition) is 1. The molecule has 0 unspecified atom stereocenters. The van der Waals surface area contributed by atoms with Crippen LogP contribution in [0.15, 0.2) is 6.07 Å². The van der Waals surface area contributed by atoms with E-state index in [2.05, 4.69) is 4.98 Å². The van der Waals surface area contributed by atoms with E-state index in [-0.39, 0.29) is 16.5 Å². The van der Waals surface area contributed by atoms with Gasteiger partial charge in [0.1, 0.15) is 5.69 Å². The van der Waals surface area contributed by atoms with Crippen molar-refractivity contribution in [3.63, 3.8) is 0 Å². The standard InChI is InChI=1S/C8H5Cl2F2NO2/c9-2-3-1-4(10)6(8(14)15)13-5(3)7(11)12/h1,7H,2H2,(H,14,15). The summed E-state index contributed by atoms with van der Waals surface area (Å²) >= 11 is 10.9. The molecule has 0 bridgehead atoms. The fourth-order valence-corrected chi connectivity index (χ4v) is 1.46. The Morgan fingerprint density at radius 2 is 2.20 bits per heavy atom. The topological polar surface area (TPSA) is 50.2 Å². The van der Waals surface area contributed by atoms with Gasteiger partial charge in [-0.1, -0.05) is 11.6 Å². The number of rotatable bonds is 3. The van der Waals surface area contributed by atoms with E-state index in [9.17, 15) is 13.6 Å². The Bertz CT molecular complexity index is 398. The van der Waals surface area contributed by atoms with Crippen molar-refractivity contribution in [3.05, 3.63) is 28.0 Å². The van der Waals surface area contributed by atoms with Crippen molar-refractivity contribution in [2.75, 3.05) is 0 Å². The van der Waals surface area contributed by atoms with E-state index in [0.717, 1.165) is 6.07 Å². The summed E-state index contributed by atoms with van der Waals surface area (Å²) in [4.78, 5) is 13.8. The van der Waals surface area contributed by atoms with Crippen LogP contribution >= 0.6 is 23.2 Å². The maximum atomic E-state index is 12.4. The third-order valence-electron chi connectivity index (χ3n) is 1.64. The first-order valence-corrected chi connectivity index (χ1v) is 4.65. The van der Waals surface area contributed by atoms with E-state index in [0.29, 0.717) is 0 Å². The number of hydrogen-bond acceptors (Lipinski definition) is 2. The summed E-state index contributed by atoms with van der Waals surface area (Å²) in [6, 6.07) is 1.09. The molecular formula is C8H5Cl2F2NO2. The van der Waals surface area contributed by atoms with Gasteiger partial charge in [-0.15, -0.1) is 11.6 Å². The number of pyridine rings is 1. The van der Waals surface area contributed by atoms with Crippen LogP contribution in [0.2, 0.25) is 5.02 Å². The fraction of sp³-hybridized carbons (Fsp3) is 0.250. The zero-order chi connectivity index (χ0) is 11.6. The van der Waals surface area contributed by atoms with Crippen LogP contribution < -0.4 is 0 Å². The zero-order valence-corrected chi connectivity index (χ0v) is 8.69. The first-order valence-electron chi connectivity index (χ1n) is 3.74. The molecule has 82 valence electrons. The highest BCUT2D eigenvalue weighted by Crippen LogP contribution is 2.26. The van der Waals surface area contributed by atoms with Crippen LogP contribution in [-0.4, -0.2) is 16.1 Å². The smallest absolute Gasteiger partial charge is 0.356 e. The van der Waals surface area contributed by atoms with Gasteiger partial charge in [0.25, 0.3) is 6.43 Å². The van der Waals surface area contributed by atoms with Gasteiger partial charge in [0.2, 0.25) is 0 Å². The minimum absolute atomic E-state index is 0.0293. The lowest BCUT2D eigenvalue weighted by atomic mass is 10.2. The summed E-state index contributed by atoms with van der Waals surface area (Å²) in [6.45, 7) is 0. The molecule has 0 amide bonds. The second-order valence-electron chi connectivity index (χ2n) is 2.60. The molecule has 0 aliphatic rings. The lowest BCUT2D eigenvalue weighted by Gasteiger charge is -2.07. The Morgan fingerprint density at radius 3 is 2.60 bits per heavy atom. The molecule has 0 spiro atoms. The normalized spacial score (nSPS) is 10.7. The molecule has 0 saturated heterocycles. The van der Waals surface area contributed by atoms with Crippen molar-refractivity contribution in [3.8, 4) is 0 Å². The van der Waals surface area contributed by atoms with Gasteiger partial charge in [-0.3, -0.25) is 0 Å². The van der Waals surface area contributed by atoms with Crippen LogP contribution in [0.5, 0.6) is 0 Å². The summed E-state index contributed by atoms with van der Waals surface area (Å²) in [5.41, 5.74) is -1.21. The molecule has 1 rings (SSSR count). The number of carboxylic acid groups (broad SMARTS) is 1. The highest BCUT2D eigenvalue weighted by molar-refractivity contribution is 6.33. The SMILES string of the molecule is O=C(O)c1nc(C(F)F)c(CCl)cc1Cl. The molecule has 0 aliphatic carbocycles. The Balaban J connectivity index is 3.37. The largest absolute Gasteiger partial charge is 0.476 e. The second-order valence-corrected chi connectivity index (χ2v) is 3.28. The molecule has 1 N–H and O–H groups in total. The first kappa shape index (κ1) is 12.1. The van der Waals surface area contributed by atoms with Crippen LogP contribution in [-0.2, 0) is 5.88 Å². The molecule has 7 heteroatoms. The second kappa shape index (κ2) is 4.72. The number of halogens is 4. The number of aromatic nitrogens is 1. The Labute approximate surface area is 93.6 Å². The number of nitrogens with zero attached hydrogens (tertiary/aromatic N) is 1. The van der Waals surface area contributed by atoms with Crippen molar-refractivity contribution in [1.82, 2.24) is 4.98 Å². The van der Waals surface area contributed by atoms with Gasteiger partial charge < -0.3 is 5.11 Å². The Kier molecular flexibility index (Phi) is 3.82. The summed E-state index contributed by atoms with van der Waals surface area (Å²) in [5.74, 6) is -1.66. The molecule has 15 heavy (non-hydrogen) atoms. The molecule has 0 fully saturated rings. The highest BCUT2D eigenvalue weighted by atomic mass is 35.5. The van der Waals surface area contributed by atoms with E-state index in [1.165, 1.54) is 0 Å². The maximum Gasteiger partial charge on any atom is 0.356 e. The number of alkyl halides is 3. The minimum Gasteiger partial charge on any atom is -0.476 e. The fourth-order valence-electron chi connectivity index (χ4n) is 0.987. The van der Waals surface area contributed by atoms with Crippen molar-refractivity contribution in [2.45, 2.75) is 12.3 Å². The summed E-state index contributed by atoms with van der Waals surface area (Å²) in [6.07, 6.45) is -2.88. The third kappa shape index (κ3) is 2.54. The molecule has 1 aromatic rings. The Hall–Kier alpha value is -0.940. The van der Waals surface area contributed by atoms with Gasteiger partial charge in [-0.05, 0) is 11.6 Å². The van der Waals surface area contributed by atoms with Crippen LogP contribution in [0.25, 0.3) is 0 Å². The average molecular weight is 256 g/mol. The predicted molar refractivity (Wildman–Crippen MR) is 50.7 cm³/mol. The van der Waals surface area contributed by atoms with Crippen molar-refractivity contribution in [1.29, 1.82) is 0 Å². The molecule has 0 radical (unpaired) electrons. The monoisotopic (exact) mass is 255 g/mol. The molecule has 0 aliphatic heterocycles. The van der Waals surface area contributed by atoms with Crippen molar-refractivity contribution >= 4 is 29.2 Å². The Morgan fingerprint density at radius 1 is 1.60 bits per heavy atom. The van der Waals surface area contributed by atoms with E-state index in [4.69, 9.17) is 28.3 Å². The van der Waals surface area contributed by atoms with Gasteiger partial charge in [-0.2, -0.15) is 0 Å². The summed E-state index contributed by atoms with van der Waals surface area (Å²) in [5, 5.41) is 8.40. The molecule has 3 nitrogen and oxygen atoms in total. The summed E-state index contributed by atoms with van der Waals surface area (Å²) < 4.78 is 24.9. The summed E-state index contributed by atoms with van der Waals surface area (Å²) in [7, 11) is 0. The number of aromatic carboxylic acids is 1. The van der Waals surface area contributed by atoms with Crippen molar-refractivity contribution < 1.29 is 18.7 Å². The van der Waals surface area contributed by atoms with Gasteiger partial charge in [0, 0.05) is 5.88 Å². The maximum absolute atomic E-state index is 12.4. The quantitative estimate of drug-likeness (QED) is 0.845. The van der Waals surface area contributed by atoms with E-state index < -0.39 is 23.8 Å². The minimum atomic E-state index is -2.88. The molecule has 0 saturated carbocycles. The first-order chi connectivity index (χ1) is 6.97. The third-order valence-corrected chi connectivity index (χ3v) is 2.22. The van der Waals surface area contributed by atoms with Crippen LogP contribution in [0.4, 0.5) is 8.78 Å². The zero-order valence-electron chi connectivity index (χ0n) is 7.18. The number of carboxylic acids is 1. The van der Waals surface area contributed by atoms with E-state index in [1.54, 1.807) is 0 Å². The highest BCUT2D eigenvalue weighted by Gasteiger charge is 2.20. The van der Waals surface area contributed by atoms with Crippen molar-refractivity contribution in [2.24, 2.45) is 0 Å². The van der Waals surface area contributed by atoms with Crippen LogP contribution in [0.3, 0.4) is 0 Å². The van der Waals surface area contributed by atoms with E-state index in [1.807, 2.05) is 0 Å². The lowest BCUT2D eigenvalue weighted by molar-refractivity contribution is 0.0689. The van der Waals surface area contributed by atoms with Crippen LogP contribution in [0, 0.1) is 0 Å². The molecule has 1 heterocycles. The van der Waals surface area contributed by atoms with Crippen LogP contribution in [0.1, 0.15) is 28.2 Å². The van der Waals surface area contributed by atoms with E-state index >= 15 is 0 Å². The molecule has 0 atom stereocenters. The number of carbonyl (C=O) groups is 1. The van der Waals surface area contributed by atoms with Gasteiger partial charge in [0.05, 0.1) is 5.02 Å². The predicted octanol–water partition coefficient (Wildman–Crippen LogP) is 3.11. The van der Waals surface area contributed by atoms with Gasteiger partial charge in [-0.25, -0.2) is 18.6 Å². The average Bonchev–Trinajstić information content (AvgIpc) is 2.16. The molecule has 1 aromatic heterocycles. The molecule has 0 aromatic carbocycles. The lowest BCUT2D eigenvalue weighted by Crippen LogP contribution is -2.07. The molecular weight excluding hydrogens is 251 g/mol.